The molecule has 0 aromatic heterocycles. The maximum Gasteiger partial charge on any atom is 0.255 e. The Morgan fingerprint density at radius 2 is 1.90 bits per heavy atom. The fraction of sp³-hybridized carbons (Fsp3) is 0. The lowest BCUT2D eigenvalue weighted by molar-refractivity contribution is 0.102. The summed E-state index contributed by atoms with van der Waals surface area (Å²) in [4.78, 5) is 12.0. The summed E-state index contributed by atoms with van der Waals surface area (Å²) in [6.07, 6.45) is 0. The Hall–Kier alpha value is -2.54. The van der Waals surface area contributed by atoms with Gasteiger partial charge in [0.15, 0.2) is 10.7 Å². The van der Waals surface area contributed by atoms with E-state index in [1.807, 2.05) is 0 Å². The summed E-state index contributed by atoms with van der Waals surface area (Å²) in [5, 5.41) is 12.1. The molecule has 0 atom stereocenters. The number of anilines is 2. The number of carbonyl (C=O) groups excluding carboxylic acids is 1. The Kier molecular flexibility index (Phi) is 3.90. The molecule has 104 valence electrons. The number of nitrogen functional groups attached to an aromatic ring is 1. The third-order valence-electron chi connectivity index (χ3n) is 2.59. The quantitative estimate of drug-likeness (QED) is 0.386. The number of rotatable bonds is 3. The highest BCUT2D eigenvalue weighted by molar-refractivity contribution is 7.72. The van der Waals surface area contributed by atoms with Gasteiger partial charge in [-0.3, -0.25) is 4.79 Å². The van der Waals surface area contributed by atoms with Crippen LogP contribution in [0, 0.1) is 0 Å². The second-order valence-corrected chi connectivity index (χ2v) is 5.07. The van der Waals surface area contributed by atoms with Crippen molar-refractivity contribution in [3.63, 3.8) is 0 Å². The van der Waals surface area contributed by atoms with Crippen molar-refractivity contribution >= 4 is 28.0 Å². The first-order chi connectivity index (χ1) is 9.47. The van der Waals surface area contributed by atoms with E-state index in [1.165, 1.54) is 24.3 Å². The molecule has 7 heteroatoms. The van der Waals surface area contributed by atoms with Crippen molar-refractivity contribution in [1.82, 2.24) is 0 Å². The molecule has 0 aliphatic carbocycles. The summed E-state index contributed by atoms with van der Waals surface area (Å²) in [6, 6.07) is 9.93. The zero-order chi connectivity index (χ0) is 14.7. The minimum Gasteiger partial charge on any atom is -0.506 e. The van der Waals surface area contributed by atoms with Gasteiger partial charge in [-0.05, 0) is 36.4 Å². The van der Waals surface area contributed by atoms with Gasteiger partial charge >= 0.3 is 0 Å². The summed E-state index contributed by atoms with van der Waals surface area (Å²) < 4.78 is 21.8. The molecule has 0 heterocycles. The lowest BCUT2D eigenvalue weighted by Crippen LogP contribution is -2.12. The van der Waals surface area contributed by atoms with Crippen LogP contribution < -0.4 is 11.1 Å². The SMILES string of the molecule is Nc1cccc(C(=O)Nc2cc([SH](=O)=O)ccc2O)c1. The summed E-state index contributed by atoms with van der Waals surface area (Å²) in [5.41, 5.74) is 6.33. The van der Waals surface area contributed by atoms with Crippen LogP contribution in [0.25, 0.3) is 0 Å². The monoisotopic (exact) mass is 292 g/mol. The number of phenolic OH excluding ortho intramolecular Hbond substituents is 1. The standard InChI is InChI=1S/C13H12N2O4S/c14-9-3-1-2-8(6-9)13(17)15-11-7-10(20(18)19)4-5-12(11)16/h1-7,16,20H,14H2,(H,15,17). The molecule has 0 spiro atoms. The second-order valence-electron chi connectivity index (χ2n) is 4.04. The number of thiol groups is 1. The van der Waals surface area contributed by atoms with Gasteiger partial charge in [-0.25, -0.2) is 8.42 Å². The molecule has 0 aliphatic rings. The van der Waals surface area contributed by atoms with Crippen LogP contribution in [0.3, 0.4) is 0 Å². The Balaban J connectivity index is 2.30. The predicted octanol–water partition coefficient (Wildman–Crippen LogP) is 1.20. The van der Waals surface area contributed by atoms with Crippen molar-refractivity contribution < 1.29 is 18.3 Å². The molecular weight excluding hydrogens is 280 g/mol. The fourth-order valence-corrected chi connectivity index (χ4v) is 2.04. The first-order valence-corrected chi connectivity index (χ1v) is 6.79. The molecule has 2 aromatic carbocycles. The number of hydrogen-bond acceptors (Lipinski definition) is 5. The average molecular weight is 292 g/mol. The molecule has 0 saturated heterocycles. The van der Waals surface area contributed by atoms with E-state index in [2.05, 4.69) is 5.32 Å². The molecule has 0 saturated carbocycles. The molecular formula is C13H12N2O4S. The van der Waals surface area contributed by atoms with Gasteiger partial charge in [0.25, 0.3) is 5.91 Å². The third kappa shape index (κ3) is 3.07. The van der Waals surface area contributed by atoms with Crippen LogP contribution in [0.1, 0.15) is 10.4 Å². The molecule has 0 fully saturated rings. The molecule has 0 radical (unpaired) electrons. The number of hydrogen-bond donors (Lipinski definition) is 4. The van der Waals surface area contributed by atoms with Crippen molar-refractivity contribution in [3.05, 3.63) is 48.0 Å². The number of nitrogens with one attached hydrogen (secondary N) is 1. The summed E-state index contributed by atoms with van der Waals surface area (Å²) in [5.74, 6) is -0.714. The molecule has 20 heavy (non-hydrogen) atoms. The molecule has 6 nitrogen and oxygen atoms in total. The van der Waals surface area contributed by atoms with Crippen LogP contribution in [-0.4, -0.2) is 19.4 Å². The highest BCUT2D eigenvalue weighted by Crippen LogP contribution is 2.25. The van der Waals surface area contributed by atoms with E-state index >= 15 is 0 Å². The largest absolute Gasteiger partial charge is 0.506 e. The van der Waals surface area contributed by atoms with E-state index in [0.717, 1.165) is 0 Å². The number of benzene rings is 2. The number of phenols is 1. The summed E-state index contributed by atoms with van der Waals surface area (Å²) in [6.45, 7) is 0. The van der Waals surface area contributed by atoms with Gasteiger partial charge in [-0.1, -0.05) is 6.07 Å². The predicted molar refractivity (Wildman–Crippen MR) is 75.5 cm³/mol. The zero-order valence-electron chi connectivity index (χ0n) is 10.2. The fourth-order valence-electron chi connectivity index (χ4n) is 1.61. The third-order valence-corrected chi connectivity index (χ3v) is 3.29. The first-order valence-electron chi connectivity index (χ1n) is 5.61. The first kappa shape index (κ1) is 13.9. The smallest absolute Gasteiger partial charge is 0.255 e. The lowest BCUT2D eigenvalue weighted by Gasteiger charge is -2.08. The van der Waals surface area contributed by atoms with Crippen LogP contribution in [-0.2, 0) is 10.7 Å². The molecule has 0 aliphatic heterocycles. The van der Waals surface area contributed by atoms with Gasteiger partial charge in [0, 0.05) is 11.3 Å². The van der Waals surface area contributed by atoms with Crippen molar-refractivity contribution in [2.75, 3.05) is 11.1 Å². The molecule has 4 N–H and O–H groups in total. The van der Waals surface area contributed by atoms with E-state index in [1.54, 1.807) is 18.2 Å². The van der Waals surface area contributed by atoms with Crippen molar-refractivity contribution in [1.29, 1.82) is 0 Å². The van der Waals surface area contributed by atoms with E-state index in [0.29, 0.717) is 11.3 Å². The van der Waals surface area contributed by atoms with Crippen LogP contribution in [0.4, 0.5) is 11.4 Å². The maximum atomic E-state index is 12.0. The van der Waals surface area contributed by atoms with Crippen LogP contribution in [0.2, 0.25) is 0 Å². The molecule has 0 unspecified atom stereocenters. The van der Waals surface area contributed by atoms with Crippen molar-refractivity contribution in [2.24, 2.45) is 0 Å². The highest BCUT2D eigenvalue weighted by atomic mass is 32.2. The number of amides is 1. The number of aromatic hydroxyl groups is 1. The second kappa shape index (κ2) is 5.62. The van der Waals surface area contributed by atoms with E-state index in [-0.39, 0.29) is 16.3 Å². The minimum absolute atomic E-state index is 0.000626. The minimum atomic E-state index is -2.79. The van der Waals surface area contributed by atoms with Gasteiger partial charge in [0.05, 0.1) is 10.6 Å². The van der Waals surface area contributed by atoms with Gasteiger partial charge in [0.1, 0.15) is 5.75 Å². The van der Waals surface area contributed by atoms with Gasteiger partial charge in [-0.2, -0.15) is 0 Å². The van der Waals surface area contributed by atoms with Crippen LogP contribution in [0.15, 0.2) is 47.4 Å². The normalized spacial score (nSPS) is 10.4. The summed E-state index contributed by atoms with van der Waals surface area (Å²) in [7, 11) is -2.79. The highest BCUT2D eigenvalue weighted by Gasteiger charge is 2.10. The Bertz CT molecular complexity index is 733. The van der Waals surface area contributed by atoms with E-state index in [9.17, 15) is 18.3 Å². The van der Waals surface area contributed by atoms with Crippen molar-refractivity contribution in [3.8, 4) is 5.75 Å². The molecule has 0 bridgehead atoms. The summed E-state index contributed by atoms with van der Waals surface area (Å²) >= 11 is 0. The number of nitrogens with two attached hydrogens (primary N) is 1. The van der Waals surface area contributed by atoms with E-state index < -0.39 is 16.6 Å². The van der Waals surface area contributed by atoms with Crippen LogP contribution in [0.5, 0.6) is 5.75 Å². The van der Waals surface area contributed by atoms with Gasteiger partial charge in [-0.15, -0.1) is 0 Å². The molecule has 2 rings (SSSR count). The zero-order valence-corrected chi connectivity index (χ0v) is 11.1. The maximum absolute atomic E-state index is 12.0. The lowest BCUT2D eigenvalue weighted by atomic mass is 10.2. The molecule has 2 aromatic rings. The number of carbonyl (C=O) groups is 1. The Labute approximate surface area is 116 Å². The Morgan fingerprint density at radius 1 is 1.15 bits per heavy atom. The molecule has 1 amide bonds. The van der Waals surface area contributed by atoms with Gasteiger partial charge in [0.2, 0.25) is 0 Å². The average Bonchev–Trinajstić information content (AvgIpc) is 2.41. The Morgan fingerprint density at radius 3 is 2.55 bits per heavy atom. The van der Waals surface area contributed by atoms with Crippen LogP contribution >= 0.6 is 0 Å². The topological polar surface area (TPSA) is 109 Å². The van der Waals surface area contributed by atoms with Crippen molar-refractivity contribution in [2.45, 2.75) is 4.90 Å². The van der Waals surface area contributed by atoms with E-state index in [4.69, 9.17) is 5.73 Å². The van der Waals surface area contributed by atoms with Gasteiger partial charge < -0.3 is 16.2 Å².